The van der Waals surface area contributed by atoms with Crippen molar-refractivity contribution < 1.29 is 4.39 Å². The van der Waals surface area contributed by atoms with E-state index < -0.39 is 0 Å². The zero-order valence-corrected chi connectivity index (χ0v) is 7.63. The van der Waals surface area contributed by atoms with Crippen molar-refractivity contribution in [3.05, 3.63) is 29.8 Å². The molecule has 0 aliphatic heterocycles. The summed E-state index contributed by atoms with van der Waals surface area (Å²) in [7, 11) is 0. The number of hydrogen-bond donors (Lipinski definition) is 1. The SMILES string of the molecule is CC1(C(N)c2cncc(F)c2)CC1. The highest BCUT2D eigenvalue weighted by atomic mass is 19.1. The fourth-order valence-corrected chi connectivity index (χ4v) is 1.51. The Labute approximate surface area is 77.0 Å². The van der Waals surface area contributed by atoms with Gasteiger partial charge in [0.15, 0.2) is 0 Å². The van der Waals surface area contributed by atoms with Gasteiger partial charge in [0.05, 0.1) is 6.20 Å². The molecule has 1 saturated carbocycles. The monoisotopic (exact) mass is 180 g/mol. The van der Waals surface area contributed by atoms with Crippen molar-refractivity contribution in [3.63, 3.8) is 0 Å². The third-order valence-electron chi connectivity index (χ3n) is 2.87. The van der Waals surface area contributed by atoms with Crippen molar-refractivity contribution in [3.8, 4) is 0 Å². The van der Waals surface area contributed by atoms with Crippen LogP contribution >= 0.6 is 0 Å². The fourth-order valence-electron chi connectivity index (χ4n) is 1.51. The summed E-state index contributed by atoms with van der Waals surface area (Å²) in [4.78, 5) is 3.79. The maximum Gasteiger partial charge on any atom is 0.141 e. The molecule has 1 fully saturated rings. The summed E-state index contributed by atoms with van der Waals surface area (Å²) in [5.74, 6) is -0.308. The van der Waals surface area contributed by atoms with Gasteiger partial charge in [-0.3, -0.25) is 4.98 Å². The fraction of sp³-hybridized carbons (Fsp3) is 0.500. The summed E-state index contributed by atoms with van der Waals surface area (Å²) in [6, 6.07) is 1.40. The number of hydrogen-bond acceptors (Lipinski definition) is 2. The molecule has 1 atom stereocenters. The molecule has 1 aliphatic carbocycles. The smallest absolute Gasteiger partial charge is 0.141 e. The molecule has 0 radical (unpaired) electrons. The van der Waals surface area contributed by atoms with Gasteiger partial charge in [0.1, 0.15) is 5.82 Å². The highest BCUT2D eigenvalue weighted by Gasteiger charge is 2.43. The topological polar surface area (TPSA) is 38.9 Å². The molecule has 13 heavy (non-hydrogen) atoms. The van der Waals surface area contributed by atoms with Crippen LogP contribution in [-0.4, -0.2) is 4.98 Å². The van der Waals surface area contributed by atoms with Crippen molar-refractivity contribution in [1.82, 2.24) is 4.98 Å². The van der Waals surface area contributed by atoms with E-state index in [0.29, 0.717) is 0 Å². The van der Waals surface area contributed by atoms with Crippen LogP contribution in [0.3, 0.4) is 0 Å². The van der Waals surface area contributed by atoms with Gasteiger partial charge in [-0.05, 0) is 29.9 Å². The lowest BCUT2D eigenvalue weighted by molar-refractivity contribution is 0.447. The van der Waals surface area contributed by atoms with E-state index in [1.54, 1.807) is 6.20 Å². The Morgan fingerprint density at radius 2 is 2.23 bits per heavy atom. The van der Waals surface area contributed by atoms with E-state index in [1.807, 2.05) is 0 Å². The van der Waals surface area contributed by atoms with Crippen LogP contribution in [-0.2, 0) is 0 Å². The quantitative estimate of drug-likeness (QED) is 0.756. The molecule has 2 N–H and O–H groups in total. The largest absolute Gasteiger partial charge is 0.323 e. The second-order valence-corrected chi connectivity index (χ2v) is 4.07. The molecule has 0 aromatic carbocycles. The molecule has 2 nitrogen and oxygen atoms in total. The van der Waals surface area contributed by atoms with E-state index >= 15 is 0 Å². The molecular weight excluding hydrogens is 167 g/mol. The summed E-state index contributed by atoms with van der Waals surface area (Å²) in [6.45, 7) is 2.13. The summed E-state index contributed by atoms with van der Waals surface area (Å²) < 4.78 is 12.8. The first-order chi connectivity index (χ1) is 6.12. The maximum atomic E-state index is 12.8. The summed E-state index contributed by atoms with van der Waals surface area (Å²) in [5.41, 5.74) is 6.98. The van der Waals surface area contributed by atoms with Gasteiger partial charge in [0.25, 0.3) is 0 Å². The van der Waals surface area contributed by atoms with E-state index in [4.69, 9.17) is 5.73 Å². The van der Waals surface area contributed by atoms with Gasteiger partial charge in [-0.2, -0.15) is 0 Å². The Morgan fingerprint density at radius 3 is 2.77 bits per heavy atom. The average Bonchev–Trinajstić information content (AvgIpc) is 2.84. The number of nitrogens with zero attached hydrogens (tertiary/aromatic N) is 1. The molecule has 0 bridgehead atoms. The third-order valence-corrected chi connectivity index (χ3v) is 2.87. The zero-order valence-electron chi connectivity index (χ0n) is 7.63. The lowest BCUT2D eigenvalue weighted by Gasteiger charge is -2.18. The van der Waals surface area contributed by atoms with E-state index in [1.165, 1.54) is 12.3 Å². The van der Waals surface area contributed by atoms with Crippen molar-refractivity contribution in [2.75, 3.05) is 0 Å². The maximum absolute atomic E-state index is 12.8. The molecule has 70 valence electrons. The molecule has 0 amide bonds. The third kappa shape index (κ3) is 1.56. The first-order valence-electron chi connectivity index (χ1n) is 4.48. The molecule has 2 rings (SSSR count). The molecule has 3 heteroatoms. The Kier molecular flexibility index (Phi) is 1.84. The Morgan fingerprint density at radius 1 is 1.54 bits per heavy atom. The number of nitrogens with two attached hydrogens (primary N) is 1. The van der Waals surface area contributed by atoms with Gasteiger partial charge in [0.2, 0.25) is 0 Å². The van der Waals surface area contributed by atoms with Crippen LogP contribution in [0.15, 0.2) is 18.5 Å². The predicted octanol–water partition coefficient (Wildman–Crippen LogP) is 2.02. The number of aromatic nitrogens is 1. The van der Waals surface area contributed by atoms with Crippen molar-refractivity contribution in [1.29, 1.82) is 0 Å². The Bertz CT molecular complexity index is 320. The second-order valence-electron chi connectivity index (χ2n) is 4.07. The van der Waals surface area contributed by atoms with Crippen LogP contribution in [0.25, 0.3) is 0 Å². The first-order valence-corrected chi connectivity index (χ1v) is 4.48. The number of rotatable bonds is 2. The molecule has 1 unspecified atom stereocenters. The highest BCUT2D eigenvalue weighted by Crippen LogP contribution is 2.53. The summed E-state index contributed by atoms with van der Waals surface area (Å²) >= 11 is 0. The zero-order chi connectivity index (χ0) is 9.47. The highest BCUT2D eigenvalue weighted by molar-refractivity contribution is 5.20. The second kappa shape index (κ2) is 2.77. The predicted molar refractivity (Wildman–Crippen MR) is 48.5 cm³/mol. The van der Waals surface area contributed by atoms with Crippen LogP contribution in [0, 0.1) is 11.2 Å². The summed E-state index contributed by atoms with van der Waals surface area (Å²) in [6.07, 6.45) is 5.11. The van der Waals surface area contributed by atoms with E-state index in [2.05, 4.69) is 11.9 Å². The molecular formula is C10H13FN2. The lowest BCUT2D eigenvalue weighted by Crippen LogP contribution is -2.20. The molecule has 0 saturated heterocycles. The van der Waals surface area contributed by atoms with Gasteiger partial charge >= 0.3 is 0 Å². The van der Waals surface area contributed by atoms with Crippen LogP contribution in [0.4, 0.5) is 4.39 Å². The standard InChI is InChI=1S/C10H13FN2/c1-10(2-3-10)9(12)7-4-8(11)6-13-5-7/h4-6,9H,2-3,12H2,1H3. The number of pyridine rings is 1. The molecule has 1 heterocycles. The van der Waals surface area contributed by atoms with Crippen LogP contribution in [0.1, 0.15) is 31.4 Å². The van der Waals surface area contributed by atoms with Crippen LogP contribution in [0.5, 0.6) is 0 Å². The van der Waals surface area contributed by atoms with E-state index in [9.17, 15) is 4.39 Å². The molecule has 0 spiro atoms. The minimum atomic E-state index is -0.308. The first kappa shape index (κ1) is 8.63. The Balaban J connectivity index is 2.25. The normalized spacial score (nSPS) is 21.2. The van der Waals surface area contributed by atoms with Gasteiger partial charge < -0.3 is 5.73 Å². The average molecular weight is 180 g/mol. The Hall–Kier alpha value is -0.960. The van der Waals surface area contributed by atoms with Gasteiger partial charge in [-0.1, -0.05) is 6.92 Å². The van der Waals surface area contributed by atoms with Gasteiger partial charge in [0, 0.05) is 12.2 Å². The van der Waals surface area contributed by atoms with Crippen molar-refractivity contribution >= 4 is 0 Å². The molecule has 1 aromatic rings. The van der Waals surface area contributed by atoms with Crippen LogP contribution < -0.4 is 5.73 Å². The van der Waals surface area contributed by atoms with Crippen molar-refractivity contribution in [2.45, 2.75) is 25.8 Å². The minimum absolute atomic E-state index is 0.0734. The lowest BCUT2D eigenvalue weighted by atomic mass is 9.94. The number of halogens is 1. The van der Waals surface area contributed by atoms with Crippen molar-refractivity contribution in [2.24, 2.45) is 11.1 Å². The van der Waals surface area contributed by atoms with Gasteiger partial charge in [-0.25, -0.2) is 4.39 Å². The van der Waals surface area contributed by atoms with Crippen LogP contribution in [0.2, 0.25) is 0 Å². The summed E-state index contributed by atoms with van der Waals surface area (Å²) in [5, 5.41) is 0. The van der Waals surface area contributed by atoms with E-state index in [-0.39, 0.29) is 17.3 Å². The molecule has 1 aliphatic rings. The van der Waals surface area contributed by atoms with Gasteiger partial charge in [-0.15, -0.1) is 0 Å². The van der Waals surface area contributed by atoms with E-state index in [0.717, 1.165) is 18.4 Å². The molecule has 1 aromatic heterocycles. The minimum Gasteiger partial charge on any atom is -0.323 e.